The fourth-order valence-corrected chi connectivity index (χ4v) is 1.86. The highest BCUT2D eigenvalue weighted by Crippen LogP contribution is 2.33. The molecule has 0 fully saturated rings. The summed E-state index contributed by atoms with van der Waals surface area (Å²) >= 11 is 0. The van der Waals surface area contributed by atoms with Crippen LogP contribution in [0.3, 0.4) is 0 Å². The molecule has 86 valence electrons. The molecule has 16 heavy (non-hydrogen) atoms. The standard InChI is InChI=1S/C9H9N2O3P.ClH/c12-15(13,14)7-11-6-5-8-3-1-2-4-9(8)10-11;/h1-6H,7H2,(H-,12,13,14);1H. The molecule has 0 aliphatic rings. The SMILES string of the molecule is O=P(O)(O)C[n+]1ccc2ccccc2n1.[Cl-]. The van der Waals surface area contributed by atoms with Crippen molar-refractivity contribution in [2.24, 2.45) is 0 Å². The van der Waals surface area contributed by atoms with Gasteiger partial charge in [0.05, 0.1) is 0 Å². The van der Waals surface area contributed by atoms with E-state index in [0.29, 0.717) is 5.52 Å². The molecular weight excluding hydrogens is 251 g/mol. The smallest absolute Gasteiger partial charge is 0.392 e. The molecule has 5 nitrogen and oxygen atoms in total. The summed E-state index contributed by atoms with van der Waals surface area (Å²) in [5, 5.41) is 5.03. The Kier molecular flexibility index (Phi) is 3.99. The second-order valence-electron chi connectivity index (χ2n) is 3.22. The summed E-state index contributed by atoms with van der Waals surface area (Å²) in [6.07, 6.45) is 1.17. The average molecular weight is 261 g/mol. The van der Waals surface area contributed by atoms with Crippen LogP contribution in [-0.2, 0) is 10.9 Å². The van der Waals surface area contributed by atoms with Crippen LogP contribution in [0.25, 0.3) is 10.9 Å². The van der Waals surface area contributed by atoms with Gasteiger partial charge in [-0.3, -0.25) is 4.57 Å². The molecule has 0 amide bonds. The molecule has 0 radical (unpaired) electrons. The van der Waals surface area contributed by atoms with E-state index in [9.17, 15) is 4.57 Å². The highest BCUT2D eigenvalue weighted by Gasteiger charge is 2.21. The normalized spacial score (nSPS) is 11.1. The lowest BCUT2D eigenvalue weighted by molar-refractivity contribution is -0.736. The molecule has 1 aromatic carbocycles. The minimum Gasteiger partial charge on any atom is -1.00 e. The fraction of sp³-hybridized carbons (Fsp3) is 0.111. The zero-order valence-electron chi connectivity index (χ0n) is 8.19. The molecule has 2 N–H and O–H groups in total. The number of aromatic nitrogens is 2. The van der Waals surface area contributed by atoms with E-state index in [1.807, 2.05) is 18.2 Å². The summed E-state index contributed by atoms with van der Waals surface area (Å²) in [6.45, 7) is 0. The molecule has 2 rings (SSSR count). The zero-order chi connectivity index (χ0) is 10.9. The number of fused-ring (bicyclic) bond motifs is 1. The first-order valence-electron chi connectivity index (χ1n) is 4.35. The van der Waals surface area contributed by atoms with Crippen molar-refractivity contribution in [2.45, 2.75) is 6.29 Å². The second kappa shape index (κ2) is 4.89. The first-order chi connectivity index (χ1) is 7.04. The quantitative estimate of drug-likeness (QED) is 0.469. The monoisotopic (exact) mass is 260 g/mol. The molecule has 0 spiro atoms. The molecule has 0 saturated heterocycles. The Bertz CT molecular complexity index is 543. The molecule has 1 heterocycles. The number of hydrogen-bond acceptors (Lipinski definition) is 2. The molecule has 0 aliphatic heterocycles. The summed E-state index contributed by atoms with van der Waals surface area (Å²) in [4.78, 5) is 17.6. The van der Waals surface area contributed by atoms with E-state index < -0.39 is 13.9 Å². The first-order valence-corrected chi connectivity index (χ1v) is 6.14. The Morgan fingerprint density at radius 3 is 2.62 bits per heavy atom. The lowest BCUT2D eigenvalue weighted by atomic mass is 10.2. The topological polar surface area (TPSA) is 74.3 Å². The maximum atomic E-state index is 10.8. The van der Waals surface area contributed by atoms with Crippen molar-refractivity contribution in [1.29, 1.82) is 0 Å². The first kappa shape index (κ1) is 13.1. The van der Waals surface area contributed by atoms with E-state index in [4.69, 9.17) is 9.79 Å². The highest BCUT2D eigenvalue weighted by molar-refractivity contribution is 7.50. The zero-order valence-corrected chi connectivity index (χ0v) is 9.84. The van der Waals surface area contributed by atoms with Gasteiger partial charge in [-0.2, -0.15) is 0 Å². The Balaban J connectivity index is 0.00000128. The molecule has 7 heteroatoms. The van der Waals surface area contributed by atoms with Gasteiger partial charge in [-0.15, -0.1) is 0 Å². The van der Waals surface area contributed by atoms with Crippen LogP contribution >= 0.6 is 7.60 Å². The van der Waals surface area contributed by atoms with E-state index >= 15 is 0 Å². The Labute approximate surface area is 98.3 Å². The third-order valence-electron chi connectivity index (χ3n) is 1.93. The second-order valence-corrected chi connectivity index (χ2v) is 4.83. The van der Waals surface area contributed by atoms with Gasteiger partial charge in [0.15, 0.2) is 6.20 Å². The van der Waals surface area contributed by atoms with Crippen LogP contribution in [-0.4, -0.2) is 14.9 Å². The van der Waals surface area contributed by atoms with Crippen LogP contribution in [0, 0.1) is 0 Å². The maximum Gasteiger partial charge on any atom is 0.392 e. The van der Waals surface area contributed by atoms with E-state index in [-0.39, 0.29) is 12.4 Å². The van der Waals surface area contributed by atoms with Crippen LogP contribution in [0.5, 0.6) is 0 Å². The minimum absolute atomic E-state index is 0. The lowest BCUT2D eigenvalue weighted by Gasteiger charge is -1.98. The molecule has 1 aromatic heterocycles. The average Bonchev–Trinajstić information content (AvgIpc) is 2.15. The fourth-order valence-electron chi connectivity index (χ4n) is 1.33. The van der Waals surface area contributed by atoms with Gasteiger partial charge >= 0.3 is 7.60 Å². The van der Waals surface area contributed by atoms with Crippen molar-refractivity contribution in [1.82, 2.24) is 5.10 Å². The van der Waals surface area contributed by atoms with Crippen molar-refractivity contribution >= 4 is 18.5 Å². The molecule has 0 saturated carbocycles. The minimum atomic E-state index is -4.07. The third-order valence-corrected chi connectivity index (χ3v) is 2.59. The van der Waals surface area contributed by atoms with Gasteiger partial charge in [0, 0.05) is 16.6 Å². The van der Waals surface area contributed by atoms with Gasteiger partial charge in [-0.25, -0.2) is 0 Å². The van der Waals surface area contributed by atoms with Gasteiger partial charge in [0.25, 0.3) is 6.29 Å². The van der Waals surface area contributed by atoms with Gasteiger partial charge in [-0.1, -0.05) is 22.9 Å². The van der Waals surface area contributed by atoms with Crippen LogP contribution in [0.4, 0.5) is 0 Å². The molecule has 2 aromatic rings. The van der Waals surface area contributed by atoms with Gasteiger partial charge in [-0.05, 0) is 6.07 Å². The summed E-state index contributed by atoms with van der Waals surface area (Å²) in [5.74, 6) is 0. The summed E-state index contributed by atoms with van der Waals surface area (Å²) < 4.78 is 12.0. The van der Waals surface area contributed by atoms with Gasteiger partial charge in [0.2, 0.25) is 0 Å². The molecule has 0 aliphatic carbocycles. The summed E-state index contributed by atoms with van der Waals surface area (Å²) in [7, 11) is -4.07. The predicted octanol–water partition coefficient (Wildman–Crippen LogP) is -2.34. The van der Waals surface area contributed by atoms with Crippen molar-refractivity contribution in [3.63, 3.8) is 0 Å². The van der Waals surface area contributed by atoms with Crippen LogP contribution in [0.15, 0.2) is 36.5 Å². The third kappa shape index (κ3) is 3.25. The molecule has 0 bridgehead atoms. The summed E-state index contributed by atoms with van der Waals surface area (Å²) in [6, 6.07) is 9.18. The van der Waals surface area contributed by atoms with Gasteiger partial charge < -0.3 is 22.2 Å². The van der Waals surface area contributed by atoms with Crippen LogP contribution < -0.4 is 17.1 Å². The van der Waals surface area contributed by atoms with Crippen LogP contribution in [0.2, 0.25) is 0 Å². The Hall–Kier alpha value is -1.00. The number of rotatable bonds is 2. The lowest BCUT2D eigenvalue weighted by Crippen LogP contribution is -3.00. The Morgan fingerprint density at radius 1 is 1.25 bits per heavy atom. The number of hydrogen-bond donors (Lipinski definition) is 2. The van der Waals surface area contributed by atoms with Crippen molar-refractivity contribution in [2.75, 3.05) is 0 Å². The number of nitrogens with zero attached hydrogens (tertiary/aromatic N) is 2. The predicted molar refractivity (Wildman–Crippen MR) is 54.0 cm³/mol. The maximum absolute atomic E-state index is 10.8. The number of halogens is 1. The van der Waals surface area contributed by atoms with E-state index in [1.54, 1.807) is 18.3 Å². The van der Waals surface area contributed by atoms with Crippen molar-refractivity contribution in [3.05, 3.63) is 36.5 Å². The van der Waals surface area contributed by atoms with E-state index in [0.717, 1.165) is 5.39 Å². The molecule has 0 atom stereocenters. The van der Waals surface area contributed by atoms with Gasteiger partial charge in [0.1, 0.15) is 5.52 Å². The van der Waals surface area contributed by atoms with Crippen molar-refractivity contribution < 1.29 is 31.4 Å². The largest absolute Gasteiger partial charge is 1.00 e. The van der Waals surface area contributed by atoms with E-state index in [2.05, 4.69) is 5.10 Å². The van der Waals surface area contributed by atoms with E-state index in [1.165, 1.54) is 4.68 Å². The molecular formula is C9H10ClN2O3P. The summed E-state index contributed by atoms with van der Waals surface area (Å²) in [5.41, 5.74) is 0.716. The highest BCUT2D eigenvalue weighted by atomic mass is 35.5. The Morgan fingerprint density at radius 2 is 1.94 bits per heavy atom. The van der Waals surface area contributed by atoms with Crippen LogP contribution in [0.1, 0.15) is 0 Å². The number of benzene rings is 1. The molecule has 0 unspecified atom stereocenters. The van der Waals surface area contributed by atoms with Crippen molar-refractivity contribution in [3.8, 4) is 0 Å².